The molecule has 0 bridgehead atoms. The maximum absolute atomic E-state index is 10.8. The van der Waals surface area contributed by atoms with Crippen LogP contribution in [0.2, 0.25) is 5.02 Å². The van der Waals surface area contributed by atoms with E-state index in [1.165, 1.54) is 0 Å². The van der Waals surface area contributed by atoms with Crippen LogP contribution in [0.25, 0.3) is 0 Å². The van der Waals surface area contributed by atoms with Crippen molar-refractivity contribution in [2.24, 2.45) is 0 Å². The van der Waals surface area contributed by atoms with E-state index in [-0.39, 0.29) is 0 Å². The highest BCUT2D eigenvalue weighted by molar-refractivity contribution is 6.30. The molecule has 23 heavy (non-hydrogen) atoms. The Hall–Kier alpha value is -2.34. The number of nitrogens with one attached hydrogen (secondary N) is 1. The van der Waals surface area contributed by atoms with Gasteiger partial charge in [0.05, 0.1) is 0 Å². The summed E-state index contributed by atoms with van der Waals surface area (Å²) in [6, 6.07) is 7.53. The van der Waals surface area contributed by atoms with Crippen LogP contribution in [-0.2, 0) is 4.79 Å². The van der Waals surface area contributed by atoms with Crippen LogP contribution in [0.1, 0.15) is 5.56 Å². The summed E-state index contributed by atoms with van der Waals surface area (Å²) in [4.78, 5) is 23.6. The van der Waals surface area contributed by atoms with E-state index in [0.29, 0.717) is 24.1 Å². The van der Waals surface area contributed by atoms with Gasteiger partial charge in [-0.15, -0.1) is 0 Å². The third kappa shape index (κ3) is 3.71. The minimum atomic E-state index is 0.547. The molecule has 1 N–H and O–H groups in total. The molecule has 1 aromatic carbocycles. The second kappa shape index (κ2) is 6.83. The lowest BCUT2D eigenvalue weighted by atomic mass is 10.2. The minimum absolute atomic E-state index is 0.547. The lowest BCUT2D eigenvalue weighted by Crippen LogP contribution is -2.46. The average molecular weight is 332 g/mol. The Morgan fingerprint density at radius 2 is 2.00 bits per heavy atom. The SMILES string of the molecule is Cc1cc(Cl)ccc1Nc1nccc(N2CCN(C=O)CC2)n1. The van der Waals surface area contributed by atoms with Crippen LogP contribution in [0.15, 0.2) is 30.5 Å². The standard InChI is InChI=1S/C16H18ClN5O/c1-12-10-13(17)2-3-14(12)19-16-18-5-4-15(20-16)22-8-6-21(11-23)7-9-22/h2-5,10-11H,6-9H2,1H3,(H,18,19,20). The van der Waals surface area contributed by atoms with Crippen molar-refractivity contribution >= 4 is 35.5 Å². The zero-order chi connectivity index (χ0) is 16.2. The number of halogens is 1. The molecule has 3 rings (SSSR count). The zero-order valence-electron chi connectivity index (χ0n) is 12.9. The quantitative estimate of drug-likeness (QED) is 0.872. The molecule has 2 heterocycles. The van der Waals surface area contributed by atoms with Crippen molar-refractivity contribution in [1.82, 2.24) is 14.9 Å². The summed E-state index contributed by atoms with van der Waals surface area (Å²) in [6.07, 6.45) is 2.63. The number of nitrogens with zero attached hydrogens (tertiary/aromatic N) is 4. The summed E-state index contributed by atoms with van der Waals surface area (Å²) in [5.41, 5.74) is 1.96. The van der Waals surface area contributed by atoms with E-state index in [1.807, 2.05) is 31.2 Å². The van der Waals surface area contributed by atoms with Gasteiger partial charge in [0.25, 0.3) is 0 Å². The second-order valence-corrected chi connectivity index (χ2v) is 5.89. The van der Waals surface area contributed by atoms with E-state index < -0.39 is 0 Å². The number of carbonyl (C=O) groups is 1. The molecular formula is C16H18ClN5O. The van der Waals surface area contributed by atoms with Crippen LogP contribution in [0.4, 0.5) is 17.5 Å². The number of piperazine rings is 1. The van der Waals surface area contributed by atoms with Gasteiger partial charge in [0.2, 0.25) is 12.4 Å². The van der Waals surface area contributed by atoms with Gasteiger partial charge in [0.15, 0.2) is 0 Å². The van der Waals surface area contributed by atoms with Gasteiger partial charge in [-0.1, -0.05) is 11.6 Å². The van der Waals surface area contributed by atoms with Crippen LogP contribution in [0, 0.1) is 6.92 Å². The molecule has 1 saturated heterocycles. The number of hydrogen-bond acceptors (Lipinski definition) is 5. The number of aromatic nitrogens is 2. The number of amides is 1. The lowest BCUT2D eigenvalue weighted by Gasteiger charge is -2.33. The molecule has 1 amide bonds. The first-order valence-corrected chi connectivity index (χ1v) is 7.84. The number of benzene rings is 1. The maximum Gasteiger partial charge on any atom is 0.229 e. The molecule has 0 aliphatic carbocycles. The Morgan fingerprint density at radius 1 is 1.22 bits per heavy atom. The first-order valence-electron chi connectivity index (χ1n) is 7.46. The highest BCUT2D eigenvalue weighted by atomic mass is 35.5. The molecule has 120 valence electrons. The predicted molar refractivity (Wildman–Crippen MR) is 91.4 cm³/mol. The Labute approximate surface area is 140 Å². The molecule has 1 aliphatic heterocycles. The van der Waals surface area contributed by atoms with Crippen LogP contribution < -0.4 is 10.2 Å². The van der Waals surface area contributed by atoms with E-state index >= 15 is 0 Å². The second-order valence-electron chi connectivity index (χ2n) is 5.45. The number of hydrogen-bond donors (Lipinski definition) is 1. The molecule has 7 heteroatoms. The molecule has 0 spiro atoms. The summed E-state index contributed by atoms with van der Waals surface area (Å²) < 4.78 is 0. The van der Waals surface area contributed by atoms with Crippen molar-refractivity contribution < 1.29 is 4.79 Å². The summed E-state index contributed by atoms with van der Waals surface area (Å²) in [6.45, 7) is 4.96. The molecule has 2 aromatic rings. The average Bonchev–Trinajstić information content (AvgIpc) is 2.58. The highest BCUT2D eigenvalue weighted by Crippen LogP contribution is 2.23. The summed E-state index contributed by atoms with van der Waals surface area (Å²) in [7, 11) is 0. The monoisotopic (exact) mass is 331 g/mol. The van der Waals surface area contributed by atoms with Gasteiger partial charge in [0, 0.05) is 43.1 Å². The predicted octanol–water partition coefficient (Wildman–Crippen LogP) is 2.46. The molecule has 0 atom stereocenters. The fraction of sp³-hybridized carbons (Fsp3) is 0.312. The van der Waals surface area contributed by atoms with Crippen molar-refractivity contribution in [2.45, 2.75) is 6.92 Å². The molecule has 1 aliphatic rings. The van der Waals surface area contributed by atoms with E-state index in [4.69, 9.17) is 11.6 Å². The van der Waals surface area contributed by atoms with Gasteiger partial charge in [-0.2, -0.15) is 4.98 Å². The summed E-state index contributed by atoms with van der Waals surface area (Å²) >= 11 is 5.98. The highest BCUT2D eigenvalue weighted by Gasteiger charge is 2.17. The van der Waals surface area contributed by atoms with E-state index in [0.717, 1.165) is 36.6 Å². The lowest BCUT2D eigenvalue weighted by molar-refractivity contribution is -0.118. The largest absolute Gasteiger partial charge is 0.353 e. The van der Waals surface area contributed by atoms with Crippen LogP contribution >= 0.6 is 11.6 Å². The van der Waals surface area contributed by atoms with Crippen molar-refractivity contribution in [1.29, 1.82) is 0 Å². The summed E-state index contributed by atoms with van der Waals surface area (Å²) in [5, 5.41) is 3.93. The van der Waals surface area contributed by atoms with E-state index in [1.54, 1.807) is 11.1 Å². The van der Waals surface area contributed by atoms with Crippen LogP contribution in [-0.4, -0.2) is 47.5 Å². The Balaban J connectivity index is 1.74. The van der Waals surface area contributed by atoms with Crippen molar-refractivity contribution in [3.05, 3.63) is 41.0 Å². The van der Waals surface area contributed by atoms with Gasteiger partial charge in [-0.05, 0) is 36.8 Å². The molecule has 0 saturated carbocycles. The Morgan fingerprint density at radius 3 is 2.70 bits per heavy atom. The molecule has 0 unspecified atom stereocenters. The zero-order valence-corrected chi connectivity index (χ0v) is 13.6. The van der Waals surface area contributed by atoms with Gasteiger partial charge in [-0.25, -0.2) is 4.98 Å². The Kier molecular flexibility index (Phi) is 4.62. The van der Waals surface area contributed by atoms with Crippen LogP contribution in [0.3, 0.4) is 0 Å². The molecule has 1 fully saturated rings. The third-order valence-corrected chi connectivity index (χ3v) is 4.10. The topological polar surface area (TPSA) is 61.4 Å². The van der Waals surface area contributed by atoms with E-state index in [9.17, 15) is 4.79 Å². The van der Waals surface area contributed by atoms with Gasteiger partial charge in [0.1, 0.15) is 5.82 Å². The number of rotatable bonds is 4. The van der Waals surface area contributed by atoms with E-state index in [2.05, 4.69) is 20.2 Å². The van der Waals surface area contributed by atoms with Crippen molar-refractivity contribution in [2.75, 3.05) is 36.4 Å². The first kappa shape index (κ1) is 15.6. The molecule has 1 aromatic heterocycles. The Bertz CT molecular complexity index is 701. The smallest absolute Gasteiger partial charge is 0.229 e. The minimum Gasteiger partial charge on any atom is -0.353 e. The number of aryl methyl sites for hydroxylation is 1. The molecule has 6 nitrogen and oxygen atoms in total. The van der Waals surface area contributed by atoms with Crippen molar-refractivity contribution in [3.63, 3.8) is 0 Å². The summed E-state index contributed by atoms with van der Waals surface area (Å²) in [5.74, 6) is 1.41. The fourth-order valence-electron chi connectivity index (χ4n) is 2.53. The molecular weight excluding hydrogens is 314 g/mol. The van der Waals surface area contributed by atoms with Crippen LogP contribution in [0.5, 0.6) is 0 Å². The van der Waals surface area contributed by atoms with Gasteiger partial charge >= 0.3 is 0 Å². The molecule has 0 radical (unpaired) electrons. The third-order valence-electron chi connectivity index (χ3n) is 3.86. The number of carbonyl (C=O) groups excluding carboxylic acids is 1. The normalized spacial score (nSPS) is 14.7. The maximum atomic E-state index is 10.8. The van der Waals surface area contributed by atoms with Gasteiger partial charge in [-0.3, -0.25) is 4.79 Å². The first-order chi connectivity index (χ1) is 11.2. The number of anilines is 3. The van der Waals surface area contributed by atoms with Gasteiger partial charge < -0.3 is 15.1 Å². The fourth-order valence-corrected chi connectivity index (χ4v) is 2.76. The van der Waals surface area contributed by atoms with Crippen molar-refractivity contribution in [3.8, 4) is 0 Å².